The van der Waals surface area contributed by atoms with Gasteiger partial charge in [-0.3, -0.25) is 9.69 Å². The minimum atomic E-state index is -0.102. The highest BCUT2D eigenvalue weighted by molar-refractivity contribution is 5.94. The number of carbonyl (C=O) groups is 1. The lowest BCUT2D eigenvalue weighted by Crippen LogP contribution is -2.45. The summed E-state index contributed by atoms with van der Waals surface area (Å²) >= 11 is 0. The van der Waals surface area contributed by atoms with Crippen LogP contribution in [0.1, 0.15) is 41.1 Å². The number of nitrogens with zero attached hydrogens (tertiary/aromatic N) is 1. The molecular formula is C20H26N2O3. The fourth-order valence-corrected chi connectivity index (χ4v) is 3.43. The van der Waals surface area contributed by atoms with Crippen LogP contribution in [-0.4, -0.2) is 36.1 Å². The van der Waals surface area contributed by atoms with Crippen LogP contribution in [0.2, 0.25) is 0 Å². The molecule has 0 radical (unpaired) electrons. The van der Waals surface area contributed by atoms with E-state index in [-0.39, 0.29) is 18.1 Å². The Morgan fingerprint density at radius 3 is 2.48 bits per heavy atom. The van der Waals surface area contributed by atoms with E-state index in [9.17, 15) is 4.79 Å². The summed E-state index contributed by atoms with van der Waals surface area (Å²) in [5.74, 6) is 0.539. The minimum absolute atomic E-state index is 0.102. The molecule has 134 valence electrons. The second-order valence-corrected chi connectivity index (χ2v) is 6.79. The lowest BCUT2D eigenvalue weighted by Gasteiger charge is -2.35. The van der Waals surface area contributed by atoms with Crippen molar-refractivity contribution < 1.29 is 13.9 Å². The van der Waals surface area contributed by atoms with Crippen molar-refractivity contribution in [1.29, 1.82) is 0 Å². The molecule has 0 aliphatic carbocycles. The highest BCUT2D eigenvalue weighted by Gasteiger charge is 2.22. The number of benzene rings is 1. The molecular weight excluding hydrogens is 316 g/mol. The van der Waals surface area contributed by atoms with Crippen LogP contribution in [0.5, 0.6) is 0 Å². The maximum Gasteiger partial charge on any atom is 0.255 e. The molecule has 1 saturated heterocycles. The molecule has 25 heavy (non-hydrogen) atoms. The van der Waals surface area contributed by atoms with E-state index in [2.05, 4.69) is 36.2 Å². The Bertz CT molecular complexity index is 715. The molecule has 1 aliphatic heterocycles. The zero-order valence-corrected chi connectivity index (χ0v) is 15.1. The van der Waals surface area contributed by atoms with Crippen LogP contribution in [0.3, 0.4) is 0 Å². The average Bonchev–Trinajstić information content (AvgIpc) is 2.99. The number of nitrogens with one attached hydrogen (secondary N) is 1. The van der Waals surface area contributed by atoms with Crippen LogP contribution in [0, 0.1) is 6.92 Å². The third-order valence-corrected chi connectivity index (χ3v) is 4.55. The third kappa shape index (κ3) is 4.50. The van der Waals surface area contributed by atoms with Crippen molar-refractivity contribution in [1.82, 2.24) is 10.2 Å². The first-order valence-electron chi connectivity index (χ1n) is 8.80. The van der Waals surface area contributed by atoms with Gasteiger partial charge in [0.25, 0.3) is 5.91 Å². The number of furan rings is 1. The fraction of sp³-hybridized carbons (Fsp3) is 0.450. The average molecular weight is 342 g/mol. The summed E-state index contributed by atoms with van der Waals surface area (Å²) in [6.45, 7) is 9.26. The zero-order valence-electron chi connectivity index (χ0n) is 15.1. The molecule has 2 heterocycles. The van der Waals surface area contributed by atoms with Gasteiger partial charge in [0.1, 0.15) is 5.76 Å². The van der Waals surface area contributed by atoms with E-state index >= 15 is 0 Å². The summed E-state index contributed by atoms with van der Waals surface area (Å²) in [4.78, 5) is 14.7. The SMILES string of the molecule is Cc1occc1C(=O)NCc1ccccc1CN1CC(C)OC(C)C1. The molecule has 2 unspecified atom stereocenters. The van der Waals surface area contributed by atoms with Gasteiger partial charge in [-0.1, -0.05) is 24.3 Å². The maximum absolute atomic E-state index is 12.3. The first-order valence-corrected chi connectivity index (χ1v) is 8.80. The Hall–Kier alpha value is -2.11. The van der Waals surface area contributed by atoms with Crippen molar-refractivity contribution in [2.24, 2.45) is 0 Å². The standard InChI is InChI=1S/C20H26N2O3/c1-14-11-22(12-15(2)25-14)13-18-7-5-4-6-17(18)10-21-20(23)19-8-9-24-16(19)3/h4-9,14-15H,10-13H2,1-3H3,(H,21,23). The van der Waals surface area contributed by atoms with Crippen LogP contribution in [0.25, 0.3) is 0 Å². The first-order chi connectivity index (χ1) is 12.0. The van der Waals surface area contributed by atoms with Crippen molar-refractivity contribution in [3.05, 3.63) is 59.0 Å². The molecule has 0 saturated carbocycles. The van der Waals surface area contributed by atoms with Crippen molar-refractivity contribution >= 4 is 5.91 Å². The summed E-state index contributed by atoms with van der Waals surface area (Å²) < 4.78 is 11.0. The number of morpholine rings is 1. The van der Waals surface area contributed by atoms with E-state index in [0.717, 1.165) is 25.2 Å². The lowest BCUT2D eigenvalue weighted by atomic mass is 10.1. The van der Waals surface area contributed by atoms with Gasteiger partial charge >= 0.3 is 0 Å². The number of hydrogen-bond donors (Lipinski definition) is 1. The van der Waals surface area contributed by atoms with Crippen LogP contribution in [0.4, 0.5) is 0 Å². The van der Waals surface area contributed by atoms with Gasteiger partial charge in [-0.15, -0.1) is 0 Å². The fourth-order valence-electron chi connectivity index (χ4n) is 3.43. The second kappa shape index (κ2) is 7.85. The summed E-state index contributed by atoms with van der Waals surface area (Å²) in [6.07, 6.45) is 2.04. The van der Waals surface area contributed by atoms with E-state index < -0.39 is 0 Å². The number of rotatable bonds is 5. The quantitative estimate of drug-likeness (QED) is 0.907. The number of ether oxygens (including phenoxy) is 1. The Kier molecular flexibility index (Phi) is 5.56. The molecule has 1 amide bonds. The van der Waals surface area contributed by atoms with Crippen molar-refractivity contribution in [2.45, 2.75) is 46.1 Å². The molecule has 1 N–H and O–H groups in total. The smallest absolute Gasteiger partial charge is 0.255 e. The number of aryl methyl sites for hydroxylation is 1. The molecule has 0 bridgehead atoms. The minimum Gasteiger partial charge on any atom is -0.469 e. The molecule has 5 nitrogen and oxygen atoms in total. The van der Waals surface area contributed by atoms with Crippen molar-refractivity contribution in [2.75, 3.05) is 13.1 Å². The van der Waals surface area contributed by atoms with Crippen molar-refractivity contribution in [3.8, 4) is 0 Å². The molecule has 3 rings (SSSR count). The van der Waals surface area contributed by atoms with E-state index in [1.54, 1.807) is 19.3 Å². The number of hydrogen-bond acceptors (Lipinski definition) is 4. The molecule has 1 fully saturated rings. The van der Waals surface area contributed by atoms with Crippen molar-refractivity contribution in [3.63, 3.8) is 0 Å². The van der Waals surface area contributed by atoms with Crippen LogP contribution >= 0.6 is 0 Å². The molecule has 5 heteroatoms. The maximum atomic E-state index is 12.3. The molecule has 1 aromatic heterocycles. The van der Waals surface area contributed by atoms with Gasteiger partial charge in [-0.2, -0.15) is 0 Å². The molecule has 1 aromatic carbocycles. The van der Waals surface area contributed by atoms with Gasteiger partial charge in [0.15, 0.2) is 0 Å². The van der Waals surface area contributed by atoms with E-state index in [1.807, 2.05) is 12.1 Å². The number of amides is 1. The van der Waals surface area contributed by atoms with Crippen LogP contribution < -0.4 is 5.32 Å². The highest BCUT2D eigenvalue weighted by atomic mass is 16.5. The monoisotopic (exact) mass is 342 g/mol. The summed E-state index contributed by atoms with van der Waals surface area (Å²) in [5.41, 5.74) is 2.98. The topological polar surface area (TPSA) is 54.7 Å². The van der Waals surface area contributed by atoms with E-state index in [1.165, 1.54) is 5.56 Å². The summed E-state index contributed by atoms with van der Waals surface area (Å²) in [7, 11) is 0. The Morgan fingerprint density at radius 1 is 1.16 bits per heavy atom. The van der Waals surface area contributed by atoms with Gasteiger partial charge in [0.2, 0.25) is 0 Å². The zero-order chi connectivity index (χ0) is 17.8. The van der Waals surface area contributed by atoms with Gasteiger partial charge < -0.3 is 14.5 Å². The Balaban J connectivity index is 1.65. The van der Waals surface area contributed by atoms with Crippen LogP contribution in [0.15, 0.2) is 41.0 Å². The highest BCUT2D eigenvalue weighted by Crippen LogP contribution is 2.17. The Labute approximate surface area is 149 Å². The van der Waals surface area contributed by atoms with E-state index in [0.29, 0.717) is 17.9 Å². The summed E-state index contributed by atoms with van der Waals surface area (Å²) in [6, 6.07) is 9.97. The molecule has 0 spiro atoms. The molecule has 1 aliphatic rings. The number of carbonyl (C=O) groups excluding carboxylic acids is 1. The normalized spacial score (nSPS) is 21.2. The van der Waals surface area contributed by atoms with Gasteiger partial charge in [0.05, 0.1) is 24.0 Å². The van der Waals surface area contributed by atoms with Gasteiger partial charge in [0, 0.05) is 26.2 Å². The first kappa shape index (κ1) is 17.7. The Morgan fingerprint density at radius 2 is 1.84 bits per heavy atom. The largest absolute Gasteiger partial charge is 0.469 e. The molecule has 2 aromatic rings. The second-order valence-electron chi connectivity index (χ2n) is 6.79. The lowest BCUT2D eigenvalue weighted by molar-refractivity contribution is -0.0705. The van der Waals surface area contributed by atoms with Gasteiger partial charge in [-0.05, 0) is 38.0 Å². The third-order valence-electron chi connectivity index (χ3n) is 4.55. The van der Waals surface area contributed by atoms with Crippen LogP contribution in [-0.2, 0) is 17.8 Å². The predicted octanol–water partition coefficient (Wildman–Crippen LogP) is 3.13. The molecule has 2 atom stereocenters. The summed E-state index contributed by atoms with van der Waals surface area (Å²) in [5, 5.41) is 3.00. The predicted molar refractivity (Wildman–Crippen MR) is 96.3 cm³/mol. The van der Waals surface area contributed by atoms with E-state index in [4.69, 9.17) is 9.15 Å². The van der Waals surface area contributed by atoms with Gasteiger partial charge in [-0.25, -0.2) is 0 Å².